The Morgan fingerprint density at radius 2 is 2.08 bits per heavy atom. The van der Waals surface area contributed by atoms with Crippen molar-refractivity contribution < 1.29 is 9.53 Å². The zero-order valence-corrected chi connectivity index (χ0v) is 14.4. The van der Waals surface area contributed by atoms with Crippen LogP contribution >= 0.6 is 0 Å². The molecule has 1 N–H and O–H groups in total. The van der Waals surface area contributed by atoms with Gasteiger partial charge in [-0.1, -0.05) is 30.3 Å². The van der Waals surface area contributed by atoms with Gasteiger partial charge in [-0.25, -0.2) is 0 Å². The highest BCUT2D eigenvalue weighted by Crippen LogP contribution is 2.22. The van der Waals surface area contributed by atoms with Gasteiger partial charge in [0.2, 0.25) is 0 Å². The number of ether oxygens (including phenoxy) is 1. The van der Waals surface area contributed by atoms with Crippen LogP contribution in [-0.4, -0.2) is 13.0 Å². The standard InChI is InChI=1S/C21H20N2O2/c1-4-7-17-12-16(10-11-20(17)25-3)13-18(14-22)21(24)23-19-9-6-5-8-15(19)2/h4-6,8-13H,1,7H2,2-3H3,(H,23,24)/b18-13-. The van der Waals surface area contributed by atoms with Gasteiger partial charge >= 0.3 is 0 Å². The summed E-state index contributed by atoms with van der Waals surface area (Å²) in [5.41, 5.74) is 3.37. The van der Waals surface area contributed by atoms with E-state index in [2.05, 4.69) is 11.9 Å². The lowest BCUT2D eigenvalue weighted by molar-refractivity contribution is -0.112. The van der Waals surface area contributed by atoms with Crippen LogP contribution in [0.5, 0.6) is 5.75 Å². The maximum atomic E-state index is 12.4. The molecule has 1 amide bonds. The van der Waals surface area contributed by atoms with Crippen LogP contribution < -0.4 is 10.1 Å². The Kier molecular flexibility index (Phi) is 6.14. The zero-order valence-electron chi connectivity index (χ0n) is 14.4. The Morgan fingerprint density at radius 3 is 2.72 bits per heavy atom. The summed E-state index contributed by atoms with van der Waals surface area (Å²) in [4.78, 5) is 12.4. The van der Waals surface area contributed by atoms with E-state index in [1.54, 1.807) is 25.3 Å². The molecule has 0 aliphatic heterocycles. The molecule has 0 aromatic heterocycles. The van der Waals surface area contributed by atoms with Gasteiger partial charge in [0, 0.05) is 5.69 Å². The monoisotopic (exact) mass is 332 g/mol. The number of allylic oxidation sites excluding steroid dienone is 1. The third-order valence-electron chi connectivity index (χ3n) is 3.74. The minimum atomic E-state index is -0.433. The summed E-state index contributed by atoms with van der Waals surface area (Å²) < 4.78 is 5.31. The number of rotatable bonds is 6. The number of nitrogens with zero attached hydrogens (tertiary/aromatic N) is 1. The fourth-order valence-corrected chi connectivity index (χ4v) is 2.42. The number of carbonyl (C=O) groups is 1. The summed E-state index contributed by atoms with van der Waals surface area (Å²) in [6.07, 6.45) is 3.99. The van der Waals surface area contributed by atoms with Crippen LogP contribution in [0.1, 0.15) is 16.7 Å². The molecule has 25 heavy (non-hydrogen) atoms. The van der Waals surface area contributed by atoms with Crippen molar-refractivity contribution in [3.05, 3.63) is 77.4 Å². The number of hydrogen-bond acceptors (Lipinski definition) is 3. The minimum Gasteiger partial charge on any atom is -0.496 e. The number of carbonyl (C=O) groups excluding carboxylic acids is 1. The van der Waals surface area contributed by atoms with Crippen molar-refractivity contribution >= 4 is 17.7 Å². The Labute approximate surface area is 148 Å². The molecule has 4 nitrogen and oxygen atoms in total. The fourth-order valence-electron chi connectivity index (χ4n) is 2.42. The lowest BCUT2D eigenvalue weighted by Gasteiger charge is -2.09. The Balaban J connectivity index is 2.29. The van der Waals surface area contributed by atoms with Gasteiger partial charge in [-0.3, -0.25) is 4.79 Å². The highest BCUT2D eigenvalue weighted by atomic mass is 16.5. The van der Waals surface area contributed by atoms with Crippen LogP contribution in [-0.2, 0) is 11.2 Å². The predicted octanol–water partition coefficient (Wildman–Crippen LogP) is 4.28. The first-order valence-corrected chi connectivity index (χ1v) is 7.85. The molecule has 0 unspecified atom stereocenters. The molecule has 2 aromatic rings. The lowest BCUT2D eigenvalue weighted by atomic mass is 10.0. The maximum absolute atomic E-state index is 12.4. The van der Waals surface area contributed by atoms with Crippen LogP contribution in [0, 0.1) is 18.3 Å². The molecule has 0 radical (unpaired) electrons. The summed E-state index contributed by atoms with van der Waals surface area (Å²) >= 11 is 0. The van der Waals surface area contributed by atoms with Crippen molar-refractivity contribution in [2.75, 3.05) is 12.4 Å². The van der Waals surface area contributed by atoms with Crippen molar-refractivity contribution in [1.82, 2.24) is 0 Å². The van der Waals surface area contributed by atoms with Crippen LogP contribution in [0.3, 0.4) is 0 Å². The number of amides is 1. The molecule has 2 rings (SSSR count). The Bertz CT molecular complexity index is 860. The van der Waals surface area contributed by atoms with Gasteiger partial charge in [-0.05, 0) is 54.3 Å². The van der Waals surface area contributed by atoms with Gasteiger partial charge in [0.1, 0.15) is 17.4 Å². The van der Waals surface area contributed by atoms with Crippen LogP contribution in [0.4, 0.5) is 5.69 Å². The first-order valence-electron chi connectivity index (χ1n) is 7.85. The number of aryl methyl sites for hydroxylation is 1. The van der Waals surface area contributed by atoms with Crippen molar-refractivity contribution in [2.24, 2.45) is 0 Å². The van der Waals surface area contributed by atoms with Crippen molar-refractivity contribution in [3.63, 3.8) is 0 Å². The SMILES string of the molecule is C=CCc1cc(/C=C(/C#N)C(=O)Nc2ccccc2C)ccc1OC. The lowest BCUT2D eigenvalue weighted by Crippen LogP contribution is -2.14. The summed E-state index contributed by atoms with van der Waals surface area (Å²) in [6.45, 7) is 5.63. The van der Waals surface area contributed by atoms with Crippen molar-refractivity contribution in [2.45, 2.75) is 13.3 Å². The molecule has 0 aliphatic carbocycles. The number of benzene rings is 2. The van der Waals surface area contributed by atoms with Gasteiger partial charge in [-0.2, -0.15) is 5.26 Å². The molecular weight excluding hydrogens is 312 g/mol. The highest BCUT2D eigenvalue weighted by Gasteiger charge is 2.11. The van der Waals surface area contributed by atoms with Crippen molar-refractivity contribution in [3.8, 4) is 11.8 Å². The van der Waals surface area contributed by atoms with E-state index in [4.69, 9.17) is 4.74 Å². The van der Waals surface area contributed by atoms with Gasteiger partial charge in [-0.15, -0.1) is 6.58 Å². The summed E-state index contributed by atoms with van der Waals surface area (Å²) in [6, 6.07) is 14.9. The molecule has 0 saturated heterocycles. The molecule has 0 saturated carbocycles. The largest absolute Gasteiger partial charge is 0.496 e. The molecule has 126 valence electrons. The van der Waals surface area contributed by atoms with Gasteiger partial charge in [0.25, 0.3) is 5.91 Å². The number of anilines is 1. The molecule has 0 atom stereocenters. The van der Waals surface area contributed by atoms with Gasteiger partial charge < -0.3 is 10.1 Å². The number of nitrogens with one attached hydrogen (secondary N) is 1. The van der Waals surface area contributed by atoms with Crippen LogP contribution in [0.25, 0.3) is 6.08 Å². The van der Waals surface area contributed by atoms with Crippen molar-refractivity contribution in [1.29, 1.82) is 5.26 Å². The Morgan fingerprint density at radius 1 is 1.32 bits per heavy atom. The van der Waals surface area contributed by atoms with E-state index in [1.165, 1.54) is 0 Å². The first-order chi connectivity index (χ1) is 12.1. The van der Waals surface area contributed by atoms with E-state index in [0.717, 1.165) is 22.4 Å². The number of para-hydroxylation sites is 1. The number of nitriles is 1. The quantitative estimate of drug-likeness (QED) is 0.488. The summed E-state index contributed by atoms with van der Waals surface area (Å²) in [7, 11) is 1.60. The van der Waals surface area contributed by atoms with Gasteiger partial charge in [0.15, 0.2) is 0 Å². The second kappa shape index (κ2) is 8.51. The van der Waals surface area contributed by atoms with E-state index >= 15 is 0 Å². The molecule has 0 aliphatic rings. The number of methoxy groups -OCH3 is 1. The van der Waals surface area contributed by atoms with E-state index in [9.17, 15) is 10.1 Å². The first kappa shape index (κ1) is 18.0. The third kappa shape index (κ3) is 4.58. The highest BCUT2D eigenvalue weighted by molar-refractivity contribution is 6.09. The molecule has 2 aromatic carbocycles. The second-order valence-electron chi connectivity index (χ2n) is 5.50. The van der Waals surface area contributed by atoms with Crippen LogP contribution in [0.2, 0.25) is 0 Å². The fraction of sp³-hybridized carbons (Fsp3) is 0.143. The zero-order chi connectivity index (χ0) is 18.2. The number of hydrogen-bond donors (Lipinski definition) is 1. The molecular formula is C21H20N2O2. The van der Waals surface area contributed by atoms with E-state index in [0.29, 0.717) is 12.1 Å². The molecule has 0 fully saturated rings. The average Bonchev–Trinajstić information content (AvgIpc) is 2.62. The molecule has 0 bridgehead atoms. The summed E-state index contributed by atoms with van der Waals surface area (Å²) in [5.74, 6) is 0.317. The molecule has 0 heterocycles. The van der Waals surface area contributed by atoms with Crippen LogP contribution in [0.15, 0.2) is 60.7 Å². The average molecular weight is 332 g/mol. The smallest absolute Gasteiger partial charge is 0.266 e. The van der Waals surface area contributed by atoms with E-state index < -0.39 is 5.91 Å². The van der Waals surface area contributed by atoms with Gasteiger partial charge in [0.05, 0.1) is 7.11 Å². The van der Waals surface area contributed by atoms with E-state index in [-0.39, 0.29) is 5.57 Å². The third-order valence-corrected chi connectivity index (χ3v) is 3.74. The summed E-state index contributed by atoms with van der Waals surface area (Å²) in [5, 5.41) is 12.1. The minimum absolute atomic E-state index is 0.0398. The normalized spacial score (nSPS) is 10.7. The molecule has 4 heteroatoms. The Hall–Kier alpha value is -3.32. The maximum Gasteiger partial charge on any atom is 0.266 e. The van der Waals surface area contributed by atoms with E-state index in [1.807, 2.05) is 49.4 Å². The second-order valence-corrected chi connectivity index (χ2v) is 5.50. The molecule has 0 spiro atoms. The predicted molar refractivity (Wildman–Crippen MR) is 100 cm³/mol. The topological polar surface area (TPSA) is 62.1 Å².